The summed E-state index contributed by atoms with van der Waals surface area (Å²) in [5.74, 6) is -0.547. The maximum atomic E-state index is 12.3. The number of aliphatic hydroxyl groups excluding tert-OH is 1. The number of hydrogen-bond acceptors (Lipinski definition) is 3. The van der Waals surface area contributed by atoms with Crippen molar-refractivity contribution in [1.82, 2.24) is 5.32 Å². The van der Waals surface area contributed by atoms with E-state index >= 15 is 0 Å². The fraction of sp³-hybridized carbons (Fsp3) is 0.385. The van der Waals surface area contributed by atoms with Crippen LogP contribution in [-0.4, -0.2) is 28.2 Å². The highest BCUT2D eigenvalue weighted by Crippen LogP contribution is 2.38. The molecule has 3 N–H and O–H groups in total. The number of carbonyl (C=O) groups is 2. The minimum Gasteiger partial charge on any atom is -0.465 e. The van der Waals surface area contributed by atoms with E-state index in [4.69, 9.17) is 16.7 Å². The van der Waals surface area contributed by atoms with Crippen LogP contribution in [0.1, 0.15) is 24.8 Å². The summed E-state index contributed by atoms with van der Waals surface area (Å²) < 4.78 is 0. The summed E-state index contributed by atoms with van der Waals surface area (Å²) in [6.45, 7) is 0. The van der Waals surface area contributed by atoms with Crippen LogP contribution in [0.3, 0.4) is 0 Å². The number of aliphatic hydroxyl groups is 1. The van der Waals surface area contributed by atoms with Gasteiger partial charge in [0.05, 0.1) is 0 Å². The summed E-state index contributed by atoms with van der Waals surface area (Å²) in [6, 6.07) is 6.58. The second kappa shape index (κ2) is 5.19. The van der Waals surface area contributed by atoms with Crippen LogP contribution in [0.15, 0.2) is 24.3 Å². The molecule has 1 aliphatic rings. The highest BCUT2D eigenvalue weighted by atomic mass is 35.5. The number of nitrogens with one attached hydrogen (secondary N) is 1. The van der Waals surface area contributed by atoms with E-state index < -0.39 is 23.5 Å². The Morgan fingerprint density at radius 3 is 2.74 bits per heavy atom. The molecule has 19 heavy (non-hydrogen) atoms. The number of hydrogen-bond donors (Lipinski definition) is 3. The normalized spacial score (nSPS) is 27.1. The average Bonchev–Trinajstić information content (AvgIpc) is 2.35. The lowest BCUT2D eigenvalue weighted by Gasteiger charge is -2.38. The van der Waals surface area contributed by atoms with Crippen molar-refractivity contribution in [2.45, 2.75) is 30.9 Å². The van der Waals surface area contributed by atoms with Crippen LogP contribution in [0.2, 0.25) is 5.02 Å². The zero-order valence-corrected chi connectivity index (χ0v) is 10.9. The van der Waals surface area contributed by atoms with Crippen molar-refractivity contribution in [2.24, 2.45) is 0 Å². The van der Waals surface area contributed by atoms with Crippen molar-refractivity contribution in [3.63, 3.8) is 0 Å². The molecule has 0 aromatic heterocycles. The summed E-state index contributed by atoms with van der Waals surface area (Å²) in [4.78, 5) is 23.3. The van der Waals surface area contributed by atoms with Crippen LogP contribution in [0, 0.1) is 0 Å². The standard InChI is InChI=1S/C13H14ClNO4/c14-9-5-2-1-4-8(9)13(15-12(18)19)7-3-6-10(16)11(13)17/h1-2,4-5,10,15-16H,3,6-7H2,(H,18,19)/t10-,13+/m1/s1. The molecule has 2 atom stereocenters. The maximum Gasteiger partial charge on any atom is 0.405 e. The molecule has 1 aliphatic carbocycles. The van der Waals surface area contributed by atoms with Crippen molar-refractivity contribution in [2.75, 3.05) is 0 Å². The largest absolute Gasteiger partial charge is 0.465 e. The second-order valence-electron chi connectivity index (χ2n) is 4.59. The molecule has 0 spiro atoms. The van der Waals surface area contributed by atoms with Gasteiger partial charge in [-0.25, -0.2) is 4.79 Å². The number of benzene rings is 1. The van der Waals surface area contributed by atoms with E-state index in [1.54, 1.807) is 24.3 Å². The number of Topliss-reactive ketones (excluding diaryl/α,β-unsaturated/α-hetero) is 1. The first kappa shape index (κ1) is 13.8. The molecule has 1 aromatic carbocycles. The van der Waals surface area contributed by atoms with E-state index in [1.807, 2.05) is 0 Å². The zero-order valence-electron chi connectivity index (χ0n) is 10.1. The molecule has 0 radical (unpaired) electrons. The first-order chi connectivity index (χ1) is 8.97. The molecule has 1 fully saturated rings. The maximum absolute atomic E-state index is 12.3. The van der Waals surface area contributed by atoms with E-state index in [1.165, 1.54) is 0 Å². The lowest BCUT2D eigenvalue weighted by atomic mass is 9.74. The van der Waals surface area contributed by atoms with Crippen molar-refractivity contribution in [3.05, 3.63) is 34.9 Å². The number of carbonyl (C=O) groups excluding carboxylic acids is 1. The van der Waals surface area contributed by atoms with Gasteiger partial charge in [-0.3, -0.25) is 4.79 Å². The Morgan fingerprint density at radius 1 is 1.42 bits per heavy atom. The molecule has 6 heteroatoms. The molecule has 1 aromatic rings. The van der Waals surface area contributed by atoms with E-state index in [2.05, 4.69) is 5.32 Å². The van der Waals surface area contributed by atoms with Crippen LogP contribution in [0.5, 0.6) is 0 Å². The van der Waals surface area contributed by atoms with Crippen molar-refractivity contribution >= 4 is 23.5 Å². The Bertz CT molecular complexity index is 519. The lowest BCUT2D eigenvalue weighted by Crippen LogP contribution is -2.57. The second-order valence-corrected chi connectivity index (χ2v) is 4.99. The fourth-order valence-electron chi connectivity index (χ4n) is 2.55. The molecule has 0 bridgehead atoms. The predicted molar refractivity (Wildman–Crippen MR) is 69.2 cm³/mol. The summed E-state index contributed by atoms with van der Waals surface area (Å²) in [6.07, 6.45) is -1.32. The van der Waals surface area contributed by atoms with Crippen molar-refractivity contribution in [1.29, 1.82) is 0 Å². The van der Waals surface area contributed by atoms with Crippen molar-refractivity contribution in [3.8, 4) is 0 Å². The van der Waals surface area contributed by atoms with Gasteiger partial charge in [-0.2, -0.15) is 0 Å². The van der Waals surface area contributed by atoms with E-state index in [0.29, 0.717) is 29.8 Å². The summed E-state index contributed by atoms with van der Waals surface area (Å²) in [5, 5.41) is 21.3. The molecule has 0 aliphatic heterocycles. The van der Waals surface area contributed by atoms with Gasteiger partial charge in [-0.05, 0) is 25.3 Å². The smallest absolute Gasteiger partial charge is 0.405 e. The monoisotopic (exact) mass is 283 g/mol. The summed E-state index contributed by atoms with van der Waals surface area (Å²) in [7, 11) is 0. The van der Waals surface area contributed by atoms with Gasteiger partial charge in [0.15, 0.2) is 5.78 Å². The highest BCUT2D eigenvalue weighted by Gasteiger charge is 2.47. The Balaban J connectivity index is 2.54. The molecule has 5 nitrogen and oxygen atoms in total. The van der Waals surface area contributed by atoms with Crippen LogP contribution < -0.4 is 5.32 Å². The fourth-order valence-corrected chi connectivity index (χ4v) is 2.85. The SMILES string of the molecule is O=C(O)N[C@]1(c2ccccc2Cl)CCC[C@@H](O)C1=O. The van der Waals surface area contributed by atoms with Crippen molar-refractivity contribution < 1.29 is 19.8 Å². The molecular formula is C13H14ClNO4. The van der Waals surface area contributed by atoms with E-state index in [9.17, 15) is 14.7 Å². The Morgan fingerprint density at radius 2 is 2.11 bits per heavy atom. The van der Waals surface area contributed by atoms with E-state index in [0.717, 1.165) is 0 Å². The number of amides is 1. The molecule has 102 valence electrons. The summed E-state index contributed by atoms with van der Waals surface area (Å²) in [5.41, 5.74) is -1.07. The Hall–Kier alpha value is -1.59. The van der Waals surface area contributed by atoms with Gasteiger partial charge in [-0.1, -0.05) is 29.8 Å². The topological polar surface area (TPSA) is 86.6 Å². The summed E-state index contributed by atoms with van der Waals surface area (Å²) >= 11 is 6.08. The van der Waals surface area contributed by atoms with Gasteiger partial charge in [0.2, 0.25) is 0 Å². The Labute approximate surface area is 115 Å². The van der Waals surface area contributed by atoms with Gasteiger partial charge in [0.25, 0.3) is 0 Å². The first-order valence-electron chi connectivity index (χ1n) is 5.96. The van der Waals surface area contributed by atoms with Crippen LogP contribution in [-0.2, 0) is 10.3 Å². The van der Waals surface area contributed by atoms with Gasteiger partial charge < -0.3 is 15.5 Å². The number of rotatable bonds is 2. The lowest BCUT2D eigenvalue weighted by molar-refractivity contribution is -0.137. The van der Waals surface area contributed by atoms with Crippen LogP contribution >= 0.6 is 11.6 Å². The molecule has 0 saturated heterocycles. The minimum absolute atomic E-state index is 0.291. The molecule has 2 rings (SSSR count). The molecule has 0 unspecified atom stereocenters. The van der Waals surface area contributed by atoms with Crippen LogP contribution in [0.25, 0.3) is 0 Å². The Kier molecular flexibility index (Phi) is 3.78. The average molecular weight is 284 g/mol. The third-order valence-electron chi connectivity index (χ3n) is 3.41. The van der Waals surface area contributed by atoms with Gasteiger partial charge >= 0.3 is 6.09 Å². The van der Waals surface area contributed by atoms with E-state index in [-0.39, 0.29) is 0 Å². The molecular weight excluding hydrogens is 270 g/mol. The highest BCUT2D eigenvalue weighted by molar-refractivity contribution is 6.31. The third kappa shape index (κ3) is 2.43. The number of halogens is 1. The van der Waals surface area contributed by atoms with Gasteiger partial charge in [0, 0.05) is 10.6 Å². The molecule has 1 amide bonds. The van der Waals surface area contributed by atoms with Crippen LogP contribution in [0.4, 0.5) is 4.79 Å². The first-order valence-corrected chi connectivity index (χ1v) is 6.33. The molecule has 1 saturated carbocycles. The zero-order chi connectivity index (χ0) is 14.0. The predicted octanol–water partition coefficient (Wildman–Crippen LogP) is 1.92. The minimum atomic E-state index is -1.46. The van der Waals surface area contributed by atoms with Gasteiger partial charge in [0.1, 0.15) is 11.6 Å². The van der Waals surface area contributed by atoms with Gasteiger partial charge in [-0.15, -0.1) is 0 Å². The molecule has 0 heterocycles. The third-order valence-corrected chi connectivity index (χ3v) is 3.74. The quantitative estimate of drug-likeness (QED) is 0.774. The number of carboxylic acid groups (broad SMARTS) is 1. The number of ketones is 1.